The second-order valence-electron chi connectivity index (χ2n) is 6.44. The summed E-state index contributed by atoms with van der Waals surface area (Å²) in [5.41, 5.74) is -0.471. The Morgan fingerprint density at radius 1 is 1.09 bits per heavy atom. The van der Waals surface area contributed by atoms with Gasteiger partial charge in [0, 0.05) is 40.5 Å². The van der Waals surface area contributed by atoms with Crippen molar-refractivity contribution in [3.05, 3.63) is 0 Å². The molecule has 2 N–H and O–H groups in total. The number of hydrogen-bond acceptors (Lipinski definition) is 6. The number of nitrogens with one attached hydrogen (secondary N) is 2. The van der Waals surface area contributed by atoms with Crippen molar-refractivity contribution >= 4 is 6.09 Å². The van der Waals surface area contributed by atoms with Crippen LogP contribution in [0.2, 0.25) is 0 Å². The lowest BCUT2D eigenvalue weighted by molar-refractivity contribution is 0.0249. The minimum Gasteiger partial charge on any atom is -0.444 e. The lowest BCUT2D eigenvalue weighted by Crippen LogP contribution is -2.41. The standard InChI is InChI=1S/C16H34N2O5/c1-16(2,3)23-15(19)17-9-7-8-13(11-20-4)18-10-14(22-6)12-21-5/h13-14,18H,7-12H2,1-6H3,(H,17,19). The predicted molar refractivity (Wildman–Crippen MR) is 89.8 cm³/mol. The van der Waals surface area contributed by atoms with Gasteiger partial charge in [-0.2, -0.15) is 0 Å². The van der Waals surface area contributed by atoms with Crippen LogP contribution in [-0.2, 0) is 18.9 Å². The minimum atomic E-state index is -0.471. The van der Waals surface area contributed by atoms with E-state index in [0.717, 1.165) is 12.8 Å². The van der Waals surface area contributed by atoms with E-state index in [2.05, 4.69) is 10.6 Å². The molecule has 0 radical (unpaired) electrons. The van der Waals surface area contributed by atoms with E-state index in [0.29, 0.717) is 26.3 Å². The number of hydrogen-bond donors (Lipinski definition) is 2. The molecule has 0 aromatic carbocycles. The largest absolute Gasteiger partial charge is 0.444 e. The van der Waals surface area contributed by atoms with Gasteiger partial charge in [0.15, 0.2) is 0 Å². The van der Waals surface area contributed by atoms with Gasteiger partial charge in [-0.25, -0.2) is 4.79 Å². The Hall–Kier alpha value is -0.890. The van der Waals surface area contributed by atoms with Crippen molar-refractivity contribution in [3.8, 4) is 0 Å². The van der Waals surface area contributed by atoms with Crippen LogP contribution in [0.3, 0.4) is 0 Å². The molecule has 0 heterocycles. The number of ether oxygens (including phenoxy) is 4. The molecule has 138 valence electrons. The Bertz CT molecular complexity index is 307. The summed E-state index contributed by atoms with van der Waals surface area (Å²) < 4.78 is 20.8. The number of methoxy groups -OCH3 is 3. The zero-order chi connectivity index (χ0) is 17.7. The molecule has 0 aromatic heterocycles. The highest BCUT2D eigenvalue weighted by molar-refractivity contribution is 5.67. The quantitative estimate of drug-likeness (QED) is 0.527. The minimum absolute atomic E-state index is 0.0132. The first-order valence-corrected chi connectivity index (χ1v) is 8.03. The van der Waals surface area contributed by atoms with Gasteiger partial charge >= 0.3 is 6.09 Å². The second-order valence-corrected chi connectivity index (χ2v) is 6.44. The van der Waals surface area contributed by atoms with Gasteiger partial charge < -0.3 is 29.6 Å². The van der Waals surface area contributed by atoms with Crippen LogP contribution >= 0.6 is 0 Å². The van der Waals surface area contributed by atoms with E-state index in [9.17, 15) is 4.79 Å². The number of carbonyl (C=O) groups is 1. The van der Waals surface area contributed by atoms with Crippen molar-refractivity contribution in [2.45, 2.75) is 51.4 Å². The van der Waals surface area contributed by atoms with Gasteiger partial charge in [-0.3, -0.25) is 0 Å². The molecule has 0 spiro atoms. The van der Waals surface area contributed by atoms with Crippen LogP contribution in [0, 0.1) is 0 Å². The van der Waals surface area contributed by atoms with Gasteiger partial charge in [0.1, 0.15) is 5.60 Å². The Morgan fingerprint density at radius 3 is 2.26 bits per heavy atom. The maximum Gasteiger partial charge on any atom is 0.407 e. The molecule has 2 unspecified atom stereocenters. The van der Waals surface area contributed by atoms with Crippen molar-refractivity contribution in [2.75, 3.05) is 47.6 Å². The van der Waals surface area contributed by atoms with Crippen LogP contribution < -0.4 is 10.6 Å². The fourth-order valence-electron chi connectivity index (χ4n) is 1.99. The molecule has 0 saturated carbocycles. The van der Waals surface area contributed by atoms with E-state index >= 15 is 0 Å². The highest BCUT2D eigenvalue weighted by atomic mass is 16.6. The summed E-state index contributed by atoms with van der Waals surface area (Å²) in [5.74, 6) is 0. The predicted octanol–water partition coefficient (Wildman–Crippen LogP) is 1.56. The molecule has 0 aromatic rings. The molecule has 0 aliphatic carbocycles. The molecule has 23 heavy (non-hydrogen) atoms. The molecule has 0 aliphatic rings. The van der Waals surface area contributed by atoms with E-state index < -0.39 is 5.60 Å². The molecule has 0 rings (SSSR count). The maximum atomic E-state index is 11.6. The van der Waals surface area contributed by atoms with Crippen LogP contribution in [0.25, 0.3) is 0 Å². The van der Waals surface area contributed by atoms with Gasteiger partial charge in [-0.15, -0.1) is 0 Å². The highest BCUT2D eigenvalue weighted by Gasteiger charge is 2.16. The monoisotopic (exact) mass is 334 g/mol. The van der Waals surface area contributed by atoms with Crippen molar-refractivity contribution in [1.82, 2.24) is 10.6 Å². The fourth-order valence-corrected chi connectivity index (χ4v) is 1.99. The third-order valence-corrected chi connectivity index (χ3v) is 3.09. The smallest absolute Gasteiger partial charge is 0.407 e. The molecule has 2 atom stereocenters. The third-order valence-electron chi connectivity index (χ3n) is 3.09. The first kappa shape index (κ1) is 22.1. The van der Waals surface area contributed by atoms with Gasteiger partial charge in [0.25, 0.3) is 0 Å². The van der Waals surface area contributed by atoms with Crippen LogP contribution in [0.1, 0.15) is 33.6 Å². The van der Waals surface area contributed by atoms with Crippen LogP contribution in [0.5, 0.6) is 0 Å². The zero-order valence-electron chi connectivity index (χ0n) is 15.4. The molecular weight excluding hydrogens is 300 g/mol. The zero-order valence-corrected chi connectivity index (χ0v) is 15.4. The number of carbonyl (C=O) groups excluding carboxylic acids is 1. The van der Waals surface area contributed by atoms with E-state index in [1.807, 2.05) is 20.8 Å². The van der Waals surface area contributed by atoms with Crippen molar-refractivity contribution < 1.29 is 23.7 Å². The number of alkyl carbamates (subject to hydrolysis) is 1. The molecule has 0 saturated heterocycles. The topological polar surface area (TPSA) is 78.1 Å². The summed E-state index contributed by atoms with van der Waals surface area (Å²) >= 11 is 0. The molecular formula is C16H34N2O5. The lowest BCUT2D eigenvalue weighted by atomic mass is 10.1. The average molecular weight is 334 g/mol. The summed E-state index contributed by atoms with van der Waals surface area (Å²) in [6.07, 6.45) is 1.35. The Labute approximate surface area is 140 Å². The molecule has 7 nitrogen and oxygen atoms in total. The van der Waals surface area contributed by atoms with Gasteiger partial charge in [-0.1, -0.05) is 0 Å². The van der Waals surface area contributed by atoms with Gasteiger partial charge in [-0.05, 0) is 33.6 Å². The van der Waals surface area contributed by atoms with Gasteiger partial charge in [0.2, 0.25) is 0 Å². The summed E-state index contributed by atoms with van der Waals surface area (Å²) in [4.78, 5) is 11.6. The number of amides is 1. The van der Waals surface area contributed by atoms with Gasteiger partial charge in [0.05, 0.1) is 19.3 Å². The molecule has 0 fully saturated rings. The van der Waals surface area contributed by atoms with E-state index in [-0.39, 0.29) is 18.2 Å². The van der Waals surface area contributed by atoms with E-state index in [4.69, 9.17) is 18.9 Å². The van der Waals surface area contributed by atoms with Crippen molar-refractivity contribution in [2.24, 2.45) is 0 Å². The van der Waals surface area contributed by atoms with E-state index in [1.54, 1.807) is 21.3 Å². The number of rotatable bonds is 12. The van der Waals surface area contributed by atoms with E-state index in [1.165, 1.54) is 0 Å². The van der Waals surface area contributed by atoms with Crippen LogP contribution in [-0.4, -0.2) is 71.5 Å². The molecule has 1 amide bonds. The maximum absolute atomic E-state index is 11.6. The normalized spacial score (nSPS) is 14.3. The molecule has 0 bridgehead atoms. The molecule has 7 heteroatoms. The summed E-state index contributed by atoms with van der Waals surface area (Å²) in [6.45, 7) is 7.95. The summed E-state index contributed by atoms with van der Waals surface area (Å²) in [6, 6.07) is 0.204. The average Bonchev–Trinajstić information content (AvgIpc) is 2.45. The van der Waals surface area contributed by atoms with Crippen LogP contribution in [0.4, 0.5) is 4.79 Å². The Kier molecular flexibility index (Phi) is 12.0. The Morgan fingerprint density at radius 2 is 1.74 bits per heavy atom. The third kappa shape index (κ3) is 13.3. The molecule has 0 aliphatic heterocycles. The summed E-state index contributed by atoms with van der Waals surface area (Å²) in [7, 11) is 5.00. The SMILES string of the molecule is COCC(CCCNC(=O)OC(C)(C)C)NCC(COC)OC. The Balaban J connectivity index is 3.97. The summed E-state index contributed by atoms with van der Waals surface area (Å²) in [5, 5.41) is 6.17. The van der Waals surface area contributed by atoms with Crippen molar-refractivity contribution in [3.63, 3.8) is 0 Å². The lowest BCUT2D eigenvalue weighted by Gasteiger charge is -2.22. The first-order valence-electron chi connectivity index (χ1n) is 8.03. The highest BCUT2D eigenvalue weighted by Crippen LogP contribution is 2.06. The van der Waals surface area contributed by atoms with Crippen molar-refractivity contribution in [1.29, 1.82) is 0 Å². The first-order chi connectivity index (χ1) is 10.8. The fraction of sp³-hybridized carbons (Fsp3) is 0.938. The van der Waals surface area contributed by atoms with Crippen LogP contribution in [0.15, 0.2) is 0 Å². The second kappa shape index (κ2) is 12.5.